The fourth-order valence-electron chi connectivity index (χ4n) is 2.31. The molecule has 1 saturated heterocycles. The van der Waals surface area contributed by atoms with E-state index in [0.29, 0.717) is 51.6 Å². The van der Waals surface area contributed by atoms with Crippen molar-refractivity contribution in [3.05, 3.63) is 18.5 Å². The van der Waals surface area contributed by atoms with Crippen LogP contribution in [0.1, 0.15) is 19.8 Å². The van der Waals surface area contributed by atoms with Crippen LogP contribution in [-0.2, 0) is 4.79 Å². The van der Waals surface area contributed by atoms with Gasteiger partial charge in [0.1, 0.15) is 0 Å². The fourth-order valence-corrected chi connectivity index (χ4v) is 2.31. The third kappa shape index (κ3) is 5.39. The first-order valence-electron chi connectivity index (χ1n) is 8.02. The minimum atomic E-state index is -0.123. The summed E-state index contributed by atoms with van der Waals surface area (Å²) in [4.78, 5) is 35.8. The molecule has 0 bridgehead atoms. The standard InChI is InChI=1S/C15H24N6O2/c1-2-5-16-13(22)4-8-19-15(23)21-11-9-20(10-12-21)14-17-6-3-7-18-14/h3,6-7H,2,4-5,8-12H2,1H3,(H,16,22)(H,19,23). The molecule has 1 aromatic heterocycles. The summed E-state index contributed by atoms with van der Waals surface area (Å²) in [5.41, 5.74) is 0. The molecule has 3 amide bonds. The van der Waals surface area contributed by atoms with Gasteiger partial charge in [-0.1, -0.05) is 6.92 Å². The molecular weight excluding hydrogens is 296 g/mol. The number of piperazine rings is 1. The zero-order chi connectivity index (χ0) is 16.5. The molecule has 0 aliphatic carbocycles. The Bertz CT molecular complexity index is 502. The van der Waals surface area contributed by atoms with Crippen molar-refractivity contribution in [2.24, 2.45) is 0 Å². The quantitative estimate of drug-likeness (QED) is 0.783. The minimum Gasteiger partial charge on any atom is -0.356 e. The van der Waals surface area contributed by atoms with Gasteiger partial charge >= 0.3 is 6.03 Å². The van der Waals surface area contributed by atoms with Gasteiger partial charge in [0.15, 0.2) is 0 Å². The molecule has 2 N–H and O–H groups in total. The second-order valence-corrected chi connectivity index (χ2v) is 5.35. The maximum atomic E-state index is 12.1. The number of nitrogens with zero attached hydrogens (tertiary/aromatic N) is 4. The maximum absolute atomic E-state index is 12.1. The second-order valence-electron chi connectivity index (χ2n) is 5.35. The van der Waals surface area contributed by atoms with Gasteiger partial charge in [0, 0.05) is 58.1 Å². The fraction of sp³-hybridized carbons (Fsp3) is 0.600. The van der Waals surface area contributed by atoms with Crippen molar-refractivity contribution < 1.29 is 9.59 Å². The number of hydrogen-bond donors (Lipinski definition) is 2. The van der Waals surface area contributed by atoms with Crippen LogP contribution in [0, 0.1) is 0 Å². The highest BCUT2D eigenvalue weighted by atomic mass is 16.2. The van der Waals surface area contributed by atoms with Crippen molar-refractivity contribution in [2.45, 2.75) is 19.8 Å². The molecule has 0 saturated carbocycles. The van der Waals surface area contributed by atoms with Gasteiger partial charge in [-0.15, -0.1) is 0 Å². The molecule has 0 unspecified atom stereocenters. The largest absolute Gasteiger partial charge is 0.356 e. The molecular formula is C15H24N6O2. The molecule has 2 rings (SSSR count). The molecule has 1 fully saturated rings. The summed E-state index contributed by atoms with van der Waals surface area (Å²) in [7, 11) is 0. The van der Waals surface area contributed by atoms with E-state index in [0.717, 1.165) is 6.42 Å². The first-order valence-corrected chi connectivity index (χ1v) is 8.02. The third-order valence-corrected chi connectivity index (χ3v) is 3.60. The van der Waals surface area contributed by atoms with E-state index in [1.54, 1.807) is 23.4 Å². The Hall–Kier alpha value is -2.38. The summed E-state index contributed by atoms with van der Waals surface area (Å²) in [6.45, 7) is 5.68. The number of urea groups is 1. The summed E-state index contributed by atoms with van der Waals surface area (Å²) in [5.74, 6) is 0.665. The van der Waals surface area contributed by atoms with Crippen LogP contribution in [0.5, 0.6) is 0 Å². The van der Waals surface area contributed by atoms with Crippen molar-refractivity contribution in [1.82, 2.24) is 25.5 Å². The molecule has 1 aromatic rings. The van der Waals surface area contributed by atoms with E-state index < -0.39 is 0 Å². The highest BCUT2D eigenvalue weighted by Crippen LogP contribution is 2.09. The summed E-state index contributed by atoms with van der Waals surface area (Å²) in [6, 6.07) is 1.66. The van der Waals surface area contributed by atoms with Gasteiger partial charge in [0.05, 0.1) is 0 Å². The average molecular weight is 320 g/mol. The Kier molecular flexibility index (Phi) is 6.58. The van der Waals surface area contributed by atoms with Crippen LogP contribution >= 0.6 is 0 Å². The summed E-state index contributed by atoms with van der Waals surface area (Å²) in [6.07, 6.45) is 4.65. The van der Waals surface area contributed by atoms with Gasteiger partial charge in [-0.3, -0.25) is 4.79 Å². The molecule has 0 spiro atoms. The Balaban J connectivity index is 1.66. The lowest BCUT2D eigenvalue weighted by molar-refractivity contribution is -0.120. The minimum absolute atomic E-state index is 0.0294. The van der Waals surface area contributed by atoms with Gasteiger partial charge in [0.25, 0.3) is 0 Å². The topological polar surface area (TPSA) is 90.5 Å². The van der Waals surface area contributed by atoms with Gasteiger partial charge in [-0.25, -0.2) is 14.8 Å². The van der Waals surface area contributed by atoms with Crippen molar-refractivity contribution in [2.75, 3.05) is 44.2 Å². The van der Waals surface area contributed by atoms with Crippen molar-refractivity contribution in [1.29, 1.82) is 0 Å². The SMILES string of the molecule is CCCNC(=O)CCNC(=O)N1CCN(c2ncccn2)CC1. The predicted octanol–water partition coefficient (Wildman–Crippen LogP) is 0.225. The van der Waals surface area contributed by atoms with E-state index >= 15 is 0 Å². The molecule has 23 heavy (non-hydrogen) atoms. The highest BCUT2D eigenvalue weighted by Gasteiger charge is 2.22. The number of aromatic nitrogens is 2. The van der Waals surface area contributed by atoms with Crippen LogP contribution in [0.4, 0.5) is 10.7 Å². The monoisotopic (exact) mass is 320 g/mol. The Morgan fingerprint density at radius 1 is 1.09 bits per heavy atom. The molecule has 0 atom stereocenters. The average Bonchev–Trinajstić information content (AvgIpc) is 2.60. The van der Waals surface area contributed by atoms with Crippen molar-refractivity contribution in [3.63, 3.8) is 0 Å². The first kappa shape index (κ1) is 17.0. The van der Waals surface area contributed by atoms with Crippen LogP contribution in [0.2, 0.25) is 0 Å². The van der Waals surface area contributed by atoms with E-state index in [-0.39, 0.29) is 11.9 Å². The lowest BCUT2D eigenvalue weighted by atomic mass is 10.3. The summed E-state index contributed by atoms with van der Waals surface area (Å²) in [5, 5.41) is 5.58. The molecule has 2 heterocycles. The molecule has 1 aliphatic heterocycles. The molecule has 126 valence electrons. The van der Waals surface area contributed by atoms with Crippen LogP contribution in [-0.4, -0.2) is 66.1 Å². The Morgan fingerprint density at radius 3 is 2.43 bits per heavy atom. The predicted molar refractivity (Wildman–Crippen MR) is 87.1 cm³/mol. The molecule has 8 nitrogen and oxygen atoms in total. The van der Waals surface area contributed by atoms with Crippen LogP contribution < -0.4 is 15.5 Å². The zero-order valence-corrected chi connectivity index (χ0v) is 13.5. The highest BCUT2D eigenvalue weighted by molar-refractivity contribution is 5.78. The normalized spacial score (nSPS) is 14.5. The number of amides is 3. The van der Waals surface area contributed by atoms with Crippen LogP contribution in [0.15, 0.2) is 18.5 Å². The number of carbonyl (C=O) groups is 2. The van der Waals surface area contributed by atoms with E-state index in [4.69, 9.17) is 0 Å². The van der Waals surface area contributed by atoms with Gasteiger partial charge < -0.3 is 20.4 Å². The lowest BCUT2D eigenvalue weighted by Gasteiger charge is -2.34. The number of hydrogen-bond acceptors (Lipinski definition) is 5. The van der Waals surface area contributed by atoms with Gasteiger partial charge in [-0.05, 0) is 12.5 Å². The first-order chi connectivity index (χ1) is 11.2. The van der Waals surface area contributed by atoms with Crippen LogP contribution in [0.25, 0.3) is 0 Å². The Labute approximate surface area is 136 Å². The maximum Gasteiger partial charge on any atom is 0.317 e. The summed E-state index contributed by atoms with van der Waals surface area (Å²) >= 11 is 0. The molecule has 0 radical (unpaired) electrons. The molecule has 8 heteroatoms. The van der Waals surface area contributed by atoms with Crippen LogP contribution in [0.3, 0.4) is 0 Å². The molecule has 1 aliphatic rings. The van der Waals surface area contributed by atoms with Crippen molar-refractivity contribution >= 4 is 17.9 Å². The Morgan fingerprint density at radius 2 is 1.78 bits per heavy atom. The molecule has 0 aromatic carbocycles. The van der Waals surface area contributed by atoms with E-state index in [1.807, 2.05) is 6.92 Å². The number of rotatable bonds is 6. The van der Waals surface area contributed by atoms with E-state index in [2.05, 4.69) is 25.5 Å². The third-order valence-electron chi connectivity index (χ3n) is 3.60. The number of anilines is 1. The van der Waals surface area contributed by atoms with E-state index in [9.17, 15) is 9.59 Å². The number of carbonyl (C=O) groups excluding carboxylic acids is 2. The van der Waals surface area contributed by atoms with Gasteiger partial charge in [-0.2, -0.15) is 0 Å². The lowest BCUT2D eigenvalue weighted by Crippen LogP contribution is -2.52. The second kappa shape index (κ2) is 8.92. The van der Waals surface area contributed by atoms with Crippen molar-refractivity contribution in [3.8, 4) is 0 Å². The number of nitrogens with one attached hydrogen (secondary N) is 2. The summed E-state index contributed by atoms with van der Waals surface area (Å²) < 4.78 is 0. The van der Waals surface area contributed by atoms with E-state index in [1.165, 1.54) is 0 Å². The van der Waals surface area contributed by atoms with Gasteiger partial charge in [0.2, 0.25) is 11.9 Å². The smallest absolute Gasteiger partial charge is 0.317 e. The zero-order valence-electron chi connectivity index (χ0n) is 13.5.